The first kappa shape index (κ1) is 12.3. The second-order valence-corrected chi connectivity index (χ2v) is 5.39. The van der Waals surface area contributed by atoms with Gasteiger partial charge in [0.05, 0.1) is 6.04 Å². The van der Waals surface area contributed by atoms with E-state index in [1.165, 1.54) is 10.4 Å². The van der Waals surface area contributed by atoms with Crippen molar-refractivity contribution < 1.29 is 4.39 Å². The van der Waals surface area contributed by atoms with Gasteiger partial charge in [0.1, 0.15) is 5.82 Å². The van der Waals surface area contributed by atoms with Crippen LogP contribution in [-0.2, 0) is 0 Å². The minimum absolute atomic E-state index is 0.0642. The van der Waals surface area contributed by atoms with Gasteiger partial charge < -0.3 is 5.32 Å². The second kappa shape index (κ2) is 4.98. The van der Waals surface area contributed by atoms with Crippen LogP contribution >= 0.6 is 11.3 Å². The SMILES string of the molecule is CNC(c1cc(C)cc(F)c1)c1csc(C)c1. The molecule has 2 aromatic rings. The van der Waals surface area contributed by atoms with Crippen LogP contribution in [0.3, 0.4) is 0 Å². The number of nitrogens with one attached hydrogen (secondary N) is 1. The van der Waals surface area contributed by atoms with Crippen molar-refractivity contribution in [3.63, 3.8) is 0 Å². The Labute approximate surface area is 105 Å². The van der Waals surface area contributed by atoms with Crippen molar-refractivity contribution in [2.75, 3.05) is 7.05 Å². The standard InChI is InChI=1S/C14H16FNS/c1-9-4-11(7-13(15)5-9)14(16-3)12-6-10(2)17-8-12/h4-8,14,16H,1-3H3. The number of thiophene rings is 1. The van der Waals surface area contributed by atoms with E-state index in [1.807, 2.05) is 20.0 Å². The van der Waals surface area contributed by atoms with E-state index in [1.54, 1.807) is 23.5 Å². The third kappa shape index (κ3) is 2.73. The molecule has 0 amide bonds. The first-order chi connectivity index (χ1) is 8.10. The van der Waals surface area contributed by atoms with Crippen LogP contribution in [0.4, 0.5) is 4.39 Å². The Bertz CT molecular complexity index is 498. The number of hydrogen-bond donors (Lipinski definition) is 1. The summed E-state index contributed by atoms with van der Waals surface area (Å²) in [6.07, 6.45) is 0. The Kier molecular flexibility index (Phi) is 3.60. The van der Waals surface area contributed by atoms with Gasteiger partial charge in [-0.15, -0.1) is 11.3 Å². The maximum Gasteiger partial charge on any atom is 0.123 e. The molecular weight excluding hydrogens is 233 g/mol. The van der Waals surface area contributed by atoms with Crippen molar-refractivity contribution in [2.45, 2.75) is 19.9 Å². The molecule has 0 fully saturated rings. The van der Waals surface area contributed by atoms with E-state index in [0.717, 1.165) is 11.1 Å². The van der Waals surface area contributed by atoms with Gasteiger partial charge in [0.2, 0.25) is 0 Å². The summed E-state index contributed by atoms with van der Waals surface area (Å²) in [5.74, 6) is -0.174. The Morgan fingerprint density at radius 1 is 1.12 bits per heavy atom. The maximum absolute atomic E-state index is 13.4. The fourth-order valence-corrected chi connectivity index (χ4v) is 2.80. The highest BCUT2D eigenvalue weighted by Gasteiger charge is 2.14. The van der Waals surface area contributed by atoms with E-state index < -0.39 is 0 Å². The Morgan fingerprint density at radius 2 is 1.88 bits per heavy atom. The van der Waals surface area contributed by atoms with E-state index in [2.05, 4.69) is 23.7 Å². The molecule has 17 heavy (non-hydrogen) atoms. The molecule has 0 saturated heterocycles. The molecule has 1 unspecified atom stereocenters. The molecule has 0 radical (unpaired) electrons. The number of rotatable bonds is 3. The molecule has 1 heterocycles. The molecule has 3 heteroatoms. The van der Waals surface area contributed by atoms with Crippen molar-refractivity contribution >= 4 is 11.3 Å². The summed E-state index contributed by atoms with van der Waals surface area (Å²) in [6, 6.07) is 7.38. The van der Waals surface area contributed by atoms with Crippen LogP contribution in [-0.4, -0.2) is 7.05 Å². The highest BCUT2D eigenvalue weighted by molar-refractivity contribution is 7.10. The predicted molar refractivity (Wildman–Crippen MR) is 71.1 cm³/mol. The van der Waals surface area contributed by atoms with Crippen molar-refractivity contribution in [1.82, 2.24) is 5.32 Å². The van der Waals surface area contributed by atoms with Crippen LogP contribution in [0.2, 0.25) is 0 Å². The van der Waals surface area contributed by atoms with Gasteiger partial charge in [-0.1, -0.05) is 6.07 Å². The topological polar surface area (TPSA) is 12.0 Å². The first-order valence-corrected chi connectivity index (χ1v) is 6.47. The highest BCUT2D eigenvalue weighted by atomic mass is 32.1. The lowest BCUT2D eigenvalue weighted by molar-refractivity contribution is 0.615. The molecule has 0 saturated carbocycles. The van der Waals surface area contributed by atoms with Gasteiger partial charge in [0.25, 0.3) is 0 Å². The average Bonchev–Trinajstić information content (AvgIpc) is 2.64. The number of halogens is 1. The molecule has 1 atom stereocenters. The minimum atomic E-state index is -0.174. The maximum atomic E-state index is 13.4. The zero-order valence-corrected chi connectivity index (χ0v) is 11.1. The summed E-state index contributed by atoms with van der Waals surface area (Å²) >= 11 is 1.72. The van der Waals surface area contributed by atoms with E-state index in [4.69, 9.17) is 0 Å². The number of aryl methyl sites for hydroxylation is 2. The normalized spacial score (nSPS) is 12.7. The summed E-state index contributed by atoms with van der Waals surface area (Å²) in [5.41, 5.74) is 3.12. The molecule has 0 aliphatic heterocycles. The molecule has 1 aromatic carbocycles. The van der Waals surface area contributed by atoms with E-state index in [0.29, 0.717) is 0 Å². The predicted octanol–water partition coefficient (Wildman–Crippen LogP) is 3.81. The molecule has 90 valence electrons. The third-order valence-corrected chi connectivity index (χ3v) is 3.65. The van der Waals surface area contributed by atoms with Crippen LogP contribution in [0.1, 0.15) is 27.6 Å². The monoisotopic (exact) mass is 249 g/mol. The van der Waals surface area contributed by atoms with Gasteiger partial charge in [-0.2, -0.15) is 0 Å². The molecule has 0 spiro atoms. The summed E-state index contributed by atoms with van der Waals surface area (Å²) in [6.45, 7) is 4.00. The van der Waals surface area contributed by atoms with Crippen molar-refractivity contribution in [3.05, 3.63) is 57.0 Å². The smallest absolute Gasteiger partial charge is 0.123 e. The van der Waals surface area contributed by atoms with E-state index in [9.17, 15) is 4.39 Å². The Hall–Kier alpha value is -1.19. The fourth-order valence-electron chi connectivity index (χ4n) is 2.07. The number of benzene rings is 1. The van der Waals surface area contributed by atoms with Crippen LogP contribution in [0, 0.1) is 19.7 Å². The second-order valence-electron chi connectivity index (χ2n) is 4.27. The van der Waals surface area contributed by atoms with E-state index in [-0.39, 0.29) is 11.9 Å². The molecule has 0 bridgehead atoms. The molecule has 0 aliphatic carbocycles. The Morgan fingerprint density at radius 3 is 2.41 bits per heavy atom. The summed E-state index contributed by atoms with van der Waals surface area (Å²) in [7, 11) is 1.90. The molecule has 2 rings (SSSR count). The van der Waals surface area contributed by atoms with Gasteiger partial charge in [-0.3, -0.25) is 0 Å². The van der Waals surface area contributed by atoms with Crippen LogP contribution in [0.5, 0.6) is 0 Å². The molecule has 1 N–H and O–H groups in total. The fraction of sp³-hybridized carbons (Fsp3) is 0.286. The van der Waals surface area contributed by atoms with Gasteiger partial charge in [0.15, 0.2) is 0 Å². The quantitative estimate of drug-likeness (QED) is 0.872. The van der Waals surface area contributed by atoms with Crippen LogP contribution in [0.25, 0.3) is 0 Å². The molecular formula is C14H16FNS. The van der Waals surface area contributed by atoms with Gasteiger partial charge >= 0.3 is 0 Å². The highest BCUT2D eigenvalue weighted by Crippen LogP contribution is 2.27. The summed E-state index contributed by atoms with van der Waals surface area (Å²) < 4.78 is 13.4. The van der Waals surface area contributed by atoms with Crippen LogP contribution in [0.15, 0.2) is 29.6 Å². The first-order valence-electron chi connectivity index (χ1n) is 5.59. The van der Waals surface area contributed by atoms with Crippen molar-refractivity contribution in [2.24, 2.45) is 0 Å². The van der Waals surface area contributed by atoms with Gasteiger partial charge in [-0.25, -0.2) is 4.39 Å². The van der Waals surface area contributed by atoms with E-state index >= 15 is 0 Å². The van der Waals surface area contributed by atoms with Gasteiger partial charge in [0, 0.05) is 4.88 Å². The third-order valence-electron chi connectivity index (χ3n) is 2.77. The molecule has 0 aliphatic rings. The van der Waals surface area contributed by atoms with Crippen molar-refractivity contribution in [3.8, 4) is 0 Å². The average molecular weight is 249 g/mol. The lowest BCUT2D eigenvalue weighted by Gasteiger charge is -2.16. The van der Waals surface area contributed by atoms with Crippen LogP contribution < -0.4 is 5.32 Å². The molecule has 1 aromatic heterocycles. The molecule has 1 nitrogen and oxygen atoms in total. The van der Waals surface area contributed by atoms with Gasteiger partial charge in [-0.05, 0) is 61.2 Å². The number of hydrogen-bond acceptors (Lipinski definition) is 2. The lowest BCUT2D eigenvalue weighted by Crippen LogP contribution is -2.17. The largest absolute Gasteiger partial charge is 0.309 e. The zero-order chi connectivity index (χ0) is 12.4. The summed E-state index contributed by atoms with van der Waals surface area (Å²) in [5, 5.41) is 5.36. The van der Waals surface area contributed by atoms with Crippen molar-refractivity contribution in [1.29, 1.82) is 0 Å². The zero-order valence-electron chi connectivity index (χ0n) is 10.3. The Balaban J connectivity index is 2.41. The summed E-state index contributed by atoms with van der Waals surface area (Å²) in [4.78, 5) is 1.27. The lowest BCUT2D eigenvalue weighted by atomic mass is 9.99. The minimum Gasteiger partial charge on any atom is -0.309 e.